The molecule has 0 bridgehead atoms. The molecule has 102 valence electrons. The maximum Gasteiger partial charge on any atom is 0.323 e. The molecule has 0 aromatic carbocycles. The van der Waals surface area contributed by atoms with Crippen LogP contribution in [0.3, 0.4) is 0 Å². The van der Waals surface area contributed by atoms with Crippen LogP contribution >= 0.6 is 0 Å². The lowest BCUT2D eigenvalue weighted by molar-refractivity contribution is -0.157. The number of esters is 1. The summed E-state index contributed by atoms with van der Waals surface area (Å²) in [6.07, 6.45) is 1.01. The Morgan fingerprint density at radius 2 is 1.82 bits per heavy atom. The van der Waals surface area contributed by atoms with Gasteiger partial charge in [-0.15, -0.1) is 0 Å². The van der Waals surface area contributed by atoms with Gasteiger partial charge < -0.3 is 15.0 Å². The minimum Gasteiger partial charge on any atom is -0.459 e. The maximum atomic E-state index is 11.7. The first-order chi connectivity index (χ1) is 7.61. The smallest absolute Gasteiger partial charge is 0.323 e. The lowest BCUT2D eigenvalue weighted by Gasteiger charge is -2.25. The highest BCUT2D eigenvalue weighted by atomic mass is 16.6. The van der Waals surface area contributed by atoms with E-state index in [-0.39, 0.29) is 12.0 Å². The zero-order valence-corrected chi connectivity index (χ0v) is 12.3. The molecule has 0 aromatic heterocycles. The molecule has 17 heavy (non-hydrogen) atoms. The van der Waals surface area contributed by atoms with E-state index in [1.54, 1.807) is 0 Å². The Morgan fingerprint density at radius 3 is 2.24 bits per heavy atom. The molecule has 4 nitrogen and oxygen atoms in total. The van der Waals surface area contributed by atoms with E-state index < -0.39 is 5.60 Å². The molecule has 0 fully saturated rings. The molecule has 0 saturated carbocycles. The van der Waals surface area contributed by atoms with Crippen LogP contribution in [0.4, 0.5) is 0 Å². The fraction of sp³-hybridized carbons (Fsp3) is 0.923. The summed E-state index contributed by atoms with van der Waals surface area (Å²) in [7, 11) is 4.09. The van der Waals surface area contributed by atoms with Gasteiger partial charge in [0.1, 0.15) is 11.6 Å². The molecule has 2 atom stereocenters. The summed E-state index contributed by atoms with van der Waals surface area (Å²) in [5, 5.41) is 3.26. The number of carbonyl (C=O) groups is 1. The lowest BCUT2D eigenvalue weighted by Crippen LogP contribution is -2.44. The normalized spacial score (nSPS) is 15.8. The Hall–Kier alpha value is -0.610. The molecule has 2 unspecified atom stereocenters. The number of hydrogen-bond donors (Lipinski definition) is 1. The van der Waals surface area contributed by atoms with Gasteiger partial charge in [-0.25, -0.2) is 0 Å². The van der Waals surface area contributed by atoms with Crippen molar-refractivity contribution in [2.24, 2.45) is 0 Å². The van der Waals surface area contributed by atoms with E-state index >= 15 is 0 Å². The number of rotatable bonds is 6. The van der Waals surface area contributed by atoms with E-state index in [9.17, 15) is 4.79 Å². The van der Waals surface area contributed by atoms with Gasteiger partial charge in [0.05, 0.1) is 0 Å². The van der Waals surface area contributed by atoms with Crippen molar-refractivity contribution < 1.29 is 9.53 Å². The second kappa shape index (κ2) is 6.97. The predicted octanol–water partition coefficient (Wildman–Crippen LogP) is 1.65. The molecule has 0 heterocycles. The van der Waals surface area contributed by atoms with E-state index in [0.717, 1.165) is 13.0 Å². The van der Waals surface area contributed by atoms with Gasteiger partial charge in [-0.1, -0.05) is 0 Å². The summed E-state index contributed by atoms with van der Waals surface area (Å²) in [4.78, 5) is 13.9. The van der Waals surface area contributed by atoms with E-state index in [0.29, 0.717) is 6.04 Å². The Balaban J connectivity index is 3.99. The molecule has 1 N–H and O–H groups in total. The third kappa shape index (κ3) is 9.12. The van der Waals surface area contributed by atoms with Crippen LogP contribution < -0.4 is 5.32 Å². The number of nitrogens with zero attached hydrogens (tertiary/aromatic N) is 1. The van der Waals surface area contributed by atoms with Crippen LogP contribution in [0.2, 0.25) is 0 Å². The summed E-state index contributed by atoms with van der Waals surface area (Å²) in [6.45, 7) is 10.6. The summed E-state index contributed by atoms with van der Waals surface area (Å²) in [5.74, 6) is -0.186. The SMILES string of the molecule is CC(CCN(C)C)NC(C)C(=O)OC(C)(C)C. The molecule has 0 spiro atoms. The Bertz CT molecular complexity index is 234. The topological polar surface area (TPSA) is 41.6 Å². The largest absolute Gasteiger partial charge is 0.459 e. The average Bonchev–Trinajstić information content (AvgIpc) is 2.11. The average molecular weight is 244 g/mol. The number of hydrogen-bond acceptors (Lipinski definition) is 4. The molecule has 0 amide bonds. The third-order valence-corrected chi connectivity index (χ3v) is 2.30. The highest BCUT2D eigenvalue weighted by molar-refractivity contribution is 5.75. The zero-order valence-electron chi connectivity index (χ0n) is 12.3. The fourth-order valence-electron chi connectivity index (χ4n) is 1.42. The van der Waals surface area contributed by atoms with Gasteiger partial charge in [-0.2, -0.15) is 0 Å². The first-order valence-electron chi connectivity index (χ1n) is 6.25. The van der Waals surface area contributed by atoms with E-state index in [1.807, 2.05) is 41.8 Å². The van der Waals surface area contributed by atoms with Crippen molar-refractivity contribution in [1.29, 1.82) is 0 Å². The number of nitrogens with one attached hydrogen (secondary N) is 1. The van der Waals surface area contributed by atoms with E-state index in [4.69, 9.17) is 4.74 Å². The molecular weight excluding hydrogens is 216 g/mol. The summed E-state index contributed by atoms with van der Waals surface area (Å²) in [5.41, 5.74) is -0.417. The van der Waals surface area contributed by atoms with Crippen molar-refractivity contribution in [3.63, 3.8) is 0 Å². The molecule has 0 radical (unpaired) electrons. The number of carbonyl (C=O) groups excluding carboxylic acids is 1. The van der Waals surface area contributed by atoms with Gasteiger partial charge in [0.25, 0.3) is 0 Å². The standard InChI is InChI=1S/C13H28N2O2/c1-10(8-9-15(6)7)14-11(2)12(16)17-13(3,4)5/h10-11,14H,8-9H2,1-7H3. The molecule has 0 aliphatic carbocycles. The van der Waals surface area contributed by atoms with Crippen LogP contribution in [0.25, 0.3) is 0 Å². The van der Waals surface area contributed by atoms with E-state index in [2.05, 4.69) is 17.1 Å². The Labute approximate surface area is 106 Å². The van der Waals surface area contributed by atoms with Gasteiger partial charge in [0, 0.05) is 6.04 Å². The van der Waals surface area contributed by atoms with Crippen molar-refractivity contribution in [2.45, 2.75) is 58.7 Å². The minimum atomic E-state index is -0.417. The molecule has 0 aromatic rings. The monoisotopic (exact) mass is 244 g/mol. The first kappa shape index (κ1) is 16.4. The van der Waals surface area contributed by atoms with Crippen LogP contribution in [0.5, 0.6) is 0 Å². The van der Waals surface area contributed by atoms with Gasteiger partial charge in [-0.3, -0.25) is 4.79 Å². The van der Waals surface area contributed by atoms with E-state index in [1.165, 1.54) is 0 Å². The van der Waals surface area contributed by atoms with Crippen LogP contribution in [-0.2, 0) is 9.53 Å². The highest BCUT2D eigenvalue weighted by Crippen LogP contribution is 2.08. The lowest BCUT2D eigenvalue weighted by atomic mass is 10.1. The van der Waals surface area contributed by atoms with Gasteiger partial charge in [0.2, 0.25) is 0 Å². The molecule has 0 aliphatic heterocycles. The second-order valence-electron chi connectivity index (χ2n) is 5.91. The Kier molecular flexibility index (Phi) is 6.72. The molecule has 4 heteroatoms. The molecule has 0 rings (SSSR count). The van der Waals surface area contributed by atoms with Crippen molar-refractivity contribution in [3.05, 3.63) is 0 Å². The van der Waals surface area contributed by atoms with Crippen molar-refractivity contribution in [3.8, 4) is 0 Å². The summed E-state index contributed by atoms with van der Waals surface area (Å²) < 4.78 is 5.31. The third-order valence-electron chi connectivity index (χ3n) is 2.30. The fourth-order valence-corrected chi connectivity index (χ4v) is 1.42. The zero-order chi connectivity index (χ0) is 13.6. The molecule has 0 aliphatic rings. The van der Waals surface area contributed by atoms with Gasteiger partial charge in [-0.05, 0) is 61.7 Å². The Morgan fingerprint density at radius 1 is 1.29 bits per heavy atom. The van der Waals surface area contributed by atoms with Crippen LogP contribution in [0, 0.1) is 0 Å². The van der Waals surface area contributed by atoms with Gasteiger partial charge in [0.15, 0.2) is 0 Å². The molecular formula is C13H28N2O2. The second-order valence-corrected chi connectivity index (χ2v) is 5.91. The van der Waals surface area contributed by atoms with Crippen molar-refractivity contribution >= 4 is 5.97 Å². The predicted molar refractivity (Wildman–Crippen MR) is 71.1 cm³/mol. The van der Waals surface area contributed by atoms with Crippen LogP contribution in [-0.4, -0.2) is 49.2 Å². The maximum absolute atomic E-state index is 11.7. The van der Waals surface area contributed by atoms with Gasteiger partial charge >= 0.3 is 5.97 Å². The number of ether oxygens (including phenoxy) is 1. The van der Waals surface area contributed by atoms with Crippen LogP contribution in [0.15, 0.2) is 0 Å². The first-order valence-corrected chi connectivity index (χ1v) is 6.25. The summed E-state index contributed by atoms with van der Waals surface area (Å²) in [6, 6.07) is 0.0475. The minimum absolute atomic E-state index is 0.186. The molecule has 0 saturated heterocycles. The highest BCUT2D eigenvalue weighted by Gasteiger charge is 2.22. The van der Waals surface area contributed by atoms with Crippen molar-refractivity contribution in [1.82, 2.24) is 10.2 Å². The van der Waals surface area contributed by atoms with Crippen molar-refractivity contribution in [2.75, 3.05) is 20.6 Å². The van der Waals surface area contributed by atoms with Crippen LogP contribution in [0.1, 0.15) is 41.0 Å². The quantitative estimate of drug-likeness (QED) is 0.721. The summed E-state index contributed by atoms with van der Waals surface area (Å²) >= 11 is 0.